The highest BCUT2D eigenvalue weighted by molar-refractivity contribution is 5.41. The Morgan fingerprint density at radius 3 is 2.47 bits per heavy atom. The molecule has 1 rings (SSSR count). The minimum atomic E-state index is 0.130. The lowest BCUT2D eigenvalue weighted by Gasteiger charge is -2.23. The van der Waals surface area contributed by atoms with Crippen molar-refractivity contribution >= 4 is 0 Å². The standard InChI is InChI=1S/C17H29NO/c1-6-14-9-10-16(15(13-14)17(2,3)4)19-12-8-7-11-18-5/h9-10,13,18H,6-8,11-12H2,1-5H3. The van der Waals surface area contributed by atoms with Gasteiger partial charge in [-0.25, -0.2) is 0 Å². The summed E-state index contributed by atoms with van der Waals surface area (Å²) in [7, 11) is 1.99. The maximum atomic E-state index is 5.98. The topological polar surface area (TPSA) is 21.3 Å². The van der Waals surface area contributed by atoms with Crippen LogP contribution in [-0.4, -0.2) is 20.2 Å². The molecular weight excluding hydrogens is 234 g/mol. The molecule has 0 unspecified atom stereocenters. The van der Waals surface area contributed by atoms with E-state index in [2.05, 4.69) is 51.2 Å². The monoisotopic (exact) mass is 263 g/mol. The van der Waals surface area contributed by atoms with Crippen LogP contribution < -0.4 is 10.1 Å². The van der Waals surface area contributed by atoms with Crippen LogP contribution in [0.15, 0.2) is 18.2 Å². The van der Waals surface area contributed by atoms with E-state index in [0.717, 1.165) is 38.2 Å². The molecule has 0 aliphatic rings. The van der Waals surface area contributed by atoms with E-state index in [1.54, 1.807) is 0 Å². The average Bonchev–Trinajstić information content (AvgIpc) is 2.37. The molecule has 1 N–H and O–H groups in total. The van der Waals surface area contributed by atoms with Crippen LogP contribution in [0.25, 0.3) is 0 Å². The van der Waals surface area contributed by atoms with Crippen LogP contribution in [0.5, 0.6) is 5.75 Å². The van der Waals surface area contributed by atoms with E-state index in [0.29, 0.717) is 0 Å². The molecule has 1 aromatic carbocycles. The molecule has 0 aromatic heterocycles. The second kappa shape index (κ2) is 7.54. The molecule has 0 aliphatic heterocycles. The minimum absolute atomic E-state index is 0.130. The van der Waals surface area contributed by atoms with Crippen molar-refractivity contribution < 1.29 is 4.74 Å². The van der Waals surface area contributed by atoms with Crippen LogP contribution in [0.3, 0.4) is 0 Å². The summed E-state index contributed by atoms with van der Waals surface area (Å²) in [4.78, 5) is 0. The van der Waals surface area contributed by atoms with E-state index in [1.807, 2.05) is 7.05 Å². The van der Waals surface area contributed by atoms with Crippen molar-refractivity contribution in [1.29, 1.82) is 0 Å². The summed E-state index contributed by atoms with van der Waals surface area (Å²) in [6.07, 6.45) is 3.33. The molecule has 1 aromatic rings. The van der Waals surface area contributed by atoms with Gasteiger partial charge in [-0.3, -0.25) is 0 Å². The SMILES string of the molecule is CCc1ccc(OCCCCNC)c(C(C)(C)C)c1. The molecule has 0 aliphatic carbocycles. The van der Waals surface area contributed by atoms with Crippen LogP contribution in [0.4, 0.5) is 0 Å². The Kier molecular flexibility index (Phi) is 6.36. The average molecular weight is 263 g/mol. The lowest BCUT2D eigenvalue weighted by molar-refractivity contribution is 0.298. The summed E-state index contributed by atoms with van der Waals surface area (Å²) in [5.41, 5.74) is 2.83. The van der Waals surface area contributed by atoms with Gasteiger partial charge in [0.05, 0.1) is 6.61 Å². The van der Waals surface area contributed by atoms with Gasteiger partial charge in [-0.2, -0.15) is 0 Å². The Bertz CT molecular complexity index is 379. The zero-order valence-corrected chi connectivity index (χ0v) is 13.2. The maximum Gasteiger partial charge on any atom is 0.123 e. The highest BCUT2D eigenvalue weighted by Gasteiger charge is 2.19. The van der Waals surface area contributed by atoms with Gasteiger partial charge in [0.15, 0.2) is 0 Å². The largest absolute Gasteiger partial charge is 0.493 e. The van der Waals surface area contributed by atoms with E-state index in [-0.39, 0.29) is 5.41 Å². The lowest BCUT2D eigenvalue weighted by atomic mass is 9.85. The molecule has 2 nitrogen and oxygen atoms in total. The molecule has 0 radical (unpaired) electrons. The van der Waals surface area contributed by atoms with Crippen molar-refractivity contribution in [3.63, 3.8) is 0 Å². The molecule has 108 valence electrons. The third kappa shape index (κ3) is 5.23. The van der Waals surface area contributed by atoms with E-state index >= 15 is 0 Å². The first-order valence-electron chi connectivity index (χ1n) is 7.40. The van der Waals surface area contributed by atoms with Gasteiger partial charge in [0.2, 0.25) is 0 Å². The number of benzene rings is 1. The fraction of sp³-hybridized carbons (Fsp3) is 0.647. The van der Waals surface area contributed by atoms with Crippen molar-refractivity contribution in [3.05, 3.63) is 29.3 Å². The number of hydrogen-bond donors (Lipinski definition) is 1. The normalized spacial score (nSPS) is 11.6. The molecule has 0 fully saturated rings. The van der Waals surface area contributed by atoms with Crippen molar-refractivity contribution in [2.24, 2.45) is 0 Å². The number of hydrogen-bond acceptors (Lipinski definition) is 2. The lowest BCUT2D eigenvalue weighted by Crippen LogP contribution is -2.15. The van der Waals surface area contributed by atoms with E-state index in [1.165, 1.54) is 11.1 Å². The Labute approximate surface area is 118 Å². The summed E-state index contributed by atoms with van der Waals surface area (Å²) < 4.78 is 5.98. The van der Waals surface area contributed by atoms with E-state index in [4.69, 9.17) is 4.74 Å². The van der Waals surface area contributed by atoms with Gasteiger partial charge in [-0.15, -0.1) is 0 Å². The second-order valence-electron chi connectivity index (χ2n) is 6.09. The van der Waals surface area contributed by atoms with Crippen LogP contribution in [0, 0.1) is 0 Å². The van der Waals surface area contributed by atoms with Gasteiger partial charge in [0, 0.05) is 0 Å². The van der Waals surface area contributed by atoms with Gasteiger partial charge in [0.25, 0.3) is 0 Å². The zero-order valence-electron chi connectivity index (χ0n) is 13.2. The molecule has 0 heterocycles. The van der Waals surface area contributed by atoms with Gasteiger partial charge in [-0.05, 0) is 55.5 Å². The number of ether oxygens (including phenoxy) is 1. The van der Waals surface area contributed by atoms with Crippen LogP contribution in [0.1, 0.15) is 51.7 Å². The van der Waals surface area contributed by atoms with Gasteiger partial charge in [-0.1, -0.05) is 39.8 Å². The maximum absolute atomic E-state index is 5.98. The van der Waals surface area contributed by atoms with E-state index in [9.17, 15) is 0 Å². The smallest absolute Gasteiger partial charge is 0.123 e. The number of aryl methyl sites for hydroxylation is 1. The first kappa shape index (κ1) is 16.0. The fourth-order valence-electron chi connectivity index (χ4n) is 2.09. The predicted octanol–water partition coefficient (Wildman–Crippen LogP) is 3.92. The number of nitrogens with one attached hydrogen (secondary N) is 1. The van der Waals surface area contributed by atoms with Gasteiger partial charge < -0.3 is 10.1 Å². The summed E-state index contributed by atoms with van der Waals surface area (Å²) >= 11 is 0. The molecule has 0 saturated carbocycles. The Morgan fingerprint density at radius 1 is 1.16 bits per heavy atom. The first-order chi connectivity index (χ1) is 8.99. The second-order valence-corrected chi connectivity index (χ2v) is 6.09. The Balaban J connectivity index is 2.71. The highest BCUT2D eigenvalue weighted by atomic mass is 16.5. The van der Waals surface area contributed by atoms with Crippen molar-refractivity contribution in [2.45, 2.75) is 52.4 Å². The zero-order chi connectivity index (χ0) is 14.3. The Morgan fingerprint density at radius 2 is 1.89 bits per heavy atom. The molecule has 0 spiro atoms. The van der Waals surface area contributed by atoms with Crippen molar-refractivity contribution in [3.8, 4) is 5.75 Å². The van der Waals surface area contributed by atoms with Crippen LogP contribution in [-0.2, 0) is 11.8 Å². The van der Waals surface area contributed by atoms with Crippen LogP contribution in [0.2, 0.25) is 0 Å². The van der Waals surface area contributed by atoms with Crippen LogP contribution >= 0.6 is 0 Å². The summed E-state index contributed by atoms with van der Waals surface area (Å²) in [5.74, 6) is 1.05. The van der Waals surface area contributed by atoms with Crippen molar-refractivity contribution in [2.75, 3.05) is 20.2 Å². The highest BCUT2D eigenvalue weighted by Crippen LogP contribution is 2.32. The molecule has 0 bridgehead atoms. The molecule has 0 saturated heterocycles. The Hall–Kier alpha value is -1.02. The summed E-state index contributed by atoms with van der Waals surface area (Å²) in [6, 6.07) is 6.61. The molecular formula is C17H29NO. The summed E-state index contributed by atoms with van der Waals surface area (Å²) in [6.45, 7) is 10.8. The van der Waals surface area contributed by atoms with Crippen molar-refractivity contribution in [1.82, 2.24) is 5.32 Å². The van der Waals surface area contributed by atoms with Gasteiger partial charge in [0.1, 0.15) is 5.75 Å². The van der Waals surface area contributed by atoms with Gasteiger partial charge >= 0.3 is 0 Å². The number of rotatable bonds is 7. The molecule has 0 atom stereocenters. The molecule has 0 amide bonds. The third-order valence-electron chi connectivity index (χ3n) is 3.34. The predicted molar refractivity (Wildman–Crippen MR) is 83.2 cm³/mol. The quantitative estimate of drug-likeness (QED) is 0.753. The number of unbranched alkanes of at least 4 members (excludes halogenated alkanes) is 1. The van der Waals surface area contributed by atoms with E-state index < -0.39 is 0 Å². The summed E-state index contributed by atoms with van der Waals surface area (Å²) in [5, 5.41) is 3.16. The molecule has 19 heavy (non-hydrogen) atoms. The first-order valence-corrected chi connectivity index (χ1v) is 7.40. The minimum Gasteiger partial charge on any atom is -0.493 e. The third-order valence-corrected chi connectivity index (χ3v) is 3.34. The molecule has 2 heteroatoms. The fourth-order valence-corrected chi connectivity index (χ4v) is 2.09.